The first kappa shape index (κ1) is 48.8. The van der Waals surface area contributed by atoms with Gasteiger partial charge in [0.15, 0.2) is 11.5 Å². The van der Waals surface area contributed by atoms with Crippen LogP contribution in [0.5, 0.6) is 11.5 Å². The van der Waals surface area contributed by atoms with Crippen LogP contribution in [0.1, 0.15) is 63.1 Å². The molecule has 2 aromatic heterocycles. The number of cyclic esters (lactones) is 1. The molecule has 21 nitrogen and oxygen atoms in total. The fourth-order valence-corrected chi connectivity index (χ4v) is 9.11. The molecule has 1 aromatic carbocycles. The fourth-order valence-electron chi connectivity index (χ4n) is 9.11. The number of esters is 2. The number of hydrogen-bond acceptors (Lipinski definition) is 16. The van der Waals surface area contributed by atoms with E-state index in [0.29, 0.717) is 54.5 Å². The number of likely N-dealkylation sites (N-methyl/N-ethyl adjacent to an activating group) is 3. The zero-order valence-electron chi connectivity index (χ0n) is 39.1. The van der Waals surface area contributed by atoms with Gasteiger partial charge in [0.05, 0.1) is 42.0 Å². The van der Waals surface area contributed by atoms with Gasteiger partial charge in [-0.05, 0) is 64.5 Å². The molecular formula is C46H62N10O11. The number of nitrogens with two attached hydrogens (primary N) is 2. The molecule has 1 fully saturated rings. The van der Waals surface area contributed by atoms with Crippen molar-refractivity contribution in [3.8, 4) is 22.9 Å². The molecule has 3 aromatic rings. The fraction of sp³-hybridized carbons (Fsp3) is 0.565. The average Bonchev–Trinajstić information content (AvgIpc) is 4.05. The maximum atomic E-state index is 14.3. The summed E-state index contributed by atoms with van der Waals surface area (Å²) in [5.74, 6) is -3.93. The third kappa shape index (κ3) is 10.2. The smallest absolute Gasteiger partial charge is 0.355 e. The van der Waals surface area contributed by atoms with E-state index in [1.165, 1.54) is 4.90 Å². The average molecular weight is 931 g/mol. The second-order valence-electron chi connectivity index (χ2n) is 18.2. The minimum atomic E-state index is -2.05. The molecule has 0 spiro atoms. The van der Waals surface area contributed by atoms with Crippen LogP contribution in [0.15, 0.2) is 29.1 Å². The van der Waals surface area contributed by atoms with Crippen LogP contribution in [0.4, 0.5) is 0 Å². The highest BCUT2D eigenvalue weighted by atomic mass is 16.7. The van der Waals surface area contributed by atoms with Crippen molar-refractivity contribution in [2.24, 2.45) is 17.4 Å². The minimum Gasteiger partial charge on any atom is -0.457 e. The van der Waals surface area contributed by atoms with Crippen molar-refractivity contribution in [3.05, 3.63) is 51.3 Å². The van der Waals surface area contributed by atoms with Crippen molar-refractivity contribution in [2.45, 2.75) is 83.3 Å². The normalized spacial score (nSPS) is 19.1. The number of benzene rings is 1. The first-order valence-electron chi connectivity index (χ1n) is 22.8. The Bertz CT molecular complexity index is 2500. The van der Waals surface area contributed by atoms with Gasteiger partial charge < -0.3 is 60.3 Å². The molecule has 0 saturated carbocycles. The SMILES string of the molecule is CC[C@@]1(OC(=O)[C@@H](NC(=O)[C@@H]2CCCN2C(=O)[C@H](CC(N)=O)NC(=O)CN(C)CCN(C)CCN(C)CCN)C(C)C)C(=O)OCc2c1cc1n(c2=O)Cc2cc3cc4c(cc3nc2-1)OCO4. The number of nitrogens with zero attached hydrogens (tertiary/aromatic N) is 6. The van der Waals surface area contributed by atoms with Gasteiger partial charge in [0.25, 0.3) is 5.56 Å². The van der Waals surface area contributed by atoms with Gasteiger partial charge in [-0.15, -0.1) is 0 Å². The Morgan fingerprint density at radius 1 is 0.940 bits per heavy atom. The summed E-state index contributed by atoms with van der Waals surface area (Å²) in [6.07, 6.45) is 0.0588. The molecule has 4 amide bonds. The molecule has 7 rings (SSSR count). The number of rotatable bonds is 20. The summed E-state index contributed by atoms with van der Waals surface area (Å²) in [7, 11) is 5.76. The van der Waals surface area contributed by atoms with E-state index >= 15 is 0 Å². The number of fused-ring (bicyclic) bond motifs is 6. The number of primary amides is 1. The predicted octanol–water partition coefficient (Wildman–Crippen LogP) is -0.395. The number of amides is 4. The van der Waals surface area contributed by atoms with E-state index in [9.17, 15) is 33.6 Å². The Balaban J connectivity index is 1.04. The van der Waals surface area contributed by atoms with Gasteiger partial charge in [0.1, 0.15) is 24.7 Å². The third-order valence-electron chi connectivity index (χ3n) is 13.0. The number of pyridine rings is 2. The molecule has 0 unspecified atom stereocenters. The largest absolute Gasteiger partial charge is 0.457 e. The topological polar surface area (TPSA) is 263 Å². The number of hydrogen-bond donors (Lipinski definition) is 4. The number of aromatic nitrogens is 2. The molecule has 362 valence electrons. The summed E-state index contributed by atoms with van der Waals surface area (Å²) in [6, 6.07) is 3.46. The lowest BCUT2D eigenvalue weighted by Gasteiger charge is -2.37. The van der Waals surface area contributed by atoms with Gasteiger partial charge in [-0.2, -0.15) is 0 Å². The van der Waals surface area contributed by atoms with Crippen molar-refractivity contribution >= 4 is 46.5 Å². The maximum absolute atomic E-state index is 14.3. The zero-order chi connectivity index (χ0) is 48.3. The molecule has 0 radical (unpaired) electrons. The Morgan fingerprint density at radius 3 is 2.30 bits per heavy atom. The van der Waals surface area contributed by atoms with E-state index in [1.807, 2.05) is 26.2 Å². The van der Waals surface area contributed by atoms with Crippen LogP contribution in [0.3, 0.4) is 0 Å². The number of carbonyl (C=O) groups is 6. The third-order valence-corrected chi connectivity index (χ3v) is 13.0. The molecule has 0 aliphatic carbocycles. The number of nitrogens with one attached hydrogen (secondary N) is 2. The minimum absolute atomic E-state index is 0.0604. The summed E-state index contributed by atoms with van der Waals surface area (Å²) in [5, 5.41) is 6.20. The lowest BCUT2D eigenvalue weighted by Crippen LogP contribution is -2.58. The number of carbonyl (C=O) groups excluding carboxylic acids is 6. The van der Waals surface area contributed by atoms with Gasteiger partial charge in [0.2, 0.25) is 36.0 Å². The van der Waals surface area contributed by atoms with Gasteiger partial charge in [0, 0.05) is 68.4 Å². The van der Waals surface area contributed by atoms with Crippen LogP contribution in [0, 0.1) is 5.92 Å². The van der Waals surface area contributed by atoms with Crippen LogP contribution in [-0.4, -0.2) is 163 Å². The molecule has 6 heterocycles. The quantitative estimate of drug-likeness (QED) is 0.0823. The van der Waals surface area contributed by atoms with Crippen LogP contribution >= 0.6 is 0 Å². The van der Waals surface area contributed by atoms with E-state index in [4.69, 9.17) is 35.4 Å². The number of likely N-dealkylation sites (tertiary alicyclic amines) is 1. The van der Waals surface area contributed by atoms with Gasteiger partial charge in [-0.1, -0.05) is 20.8 Å². The summed E-state index contributed by atoms with van der Waals surface area (Å²) in [5.41, 5.74) is 11.3. The van der Waals surface area contributed by atoms with E-state index in [0.717, 1.165) is 30.6 Å². The molecule has 1 saturated heterocycles. The van der Waals surface area contributed by atoms with Gasteiger partial charge >= 0.3 is 11.9 Å². The highest BCUT2D eigenvalue weighted by Crippen LogP contribution is 2.43. The van der Waals surface area contributed by atoms with Crippen LogP contribution in [-0.2, 0) is 57.0 Å². The van der Waals surface area contributed by atoms with Crippen molar-refractivity contribution in [3.63, 3.8) is 0 Å². The van der Waals surface area contributed by atoms with E-state index in [-0.39, 0.29) is 57.0 Å². The molecule has 4 aliphatic rings. The molecule has 0 bridgehead atoms. The van der Waals surface area contributed by atoms with Crippen LogP contribution in [0.2, 0.25) is 0 Å². The van der Waals surface area contributed by atoms with E-state index < -0.39 is 77.2 Å². The summed E-state index contributed by atoms with van der Waals surface area (Å²) >= 11 is 0. The molecule has 67 heavy (non-hydrogen) atoms. The Hall–Kier alpha value is -6.16. The Kier molecular flexibility index (Phi) is 14.8. The number of ether oxygens (including phenoxy) is 4. The van der Waals surface area contributed by atoms with Crippen molar-refractivity contribution < 1.29 is 47.7 Å². The predicted molar refractivity (Wildman–Crippen MR) is 243 cm³/mol. The Labute approximate surface area is 388 Å². The molecule has 4 aliphatic heterocycles. The van der Waals surface area contributed by atoms with Gasteiger partial charge in [-0.25, -0.2) is 14.6 Å². The monoisotopic (exact) mass is 930 g/mol. The lowest BCUT2D eigenvalue weighted by atomic mass is 9.85. The van der Waals surface area contributed by atoms with Crippen molar-refractivity contribution in [2.75, 3.05) is 80.3 Å². The second-order valence-corrected chi connectivity index (χ2v) is 18.2. The highest BCUT2D eigenvalue weighted by Gasteiger charge is 2.52. The summed E-state index contributed by atoms with van der Waals surface area (Å²) in [6.45, 7) is 9.30. The highest BCUT2D eigenvalue weighted by molar-refractivity contribution is 5.97. The maximum Gasteiger partial charge on any atom is 0.355 e. The van der Waals surface area contributed by atoms with Crippen molar-refractivity contribution in [1.82, 2.24) is 39.8 Å². The zero-order valence-corrected chi connectivity index (χ0v) is 39.1. The van der Waals surface area contributed by atoms with E-state index in [2.05, 4.69) is 20.4 Å². The summed E-state index contributed by atoms with van der Waals surface area (Å²) < 4.78 is 24.4. The molecule has 4 atom stereocenters. The van der Waals surface area contributed by atoms with Crippen molar-refractivity contribution in [1.29, 1.82) is 0 Å². The standard InChI is InChI=1S/C46H62N10O11/c1-7-46(30-19-34-40-28(22-56(34)42(60)29(30)24-64-45(46)63)17-27-18-35-36(66-25-65-35)20-31(27)50-40)67-44(62)39(26(2)3)51-41(59)33-9-8-11-55(33)43(61)32(21-37(48)57)49-38(58)23-54(6)16-15-53(5)14-13-52(4)12-10-47/h17-20,26,32-33,39H,7-16,21-25,47H2,1-6H3,(H2,48,57)(H,49,58)(H,51,59)/t32-,33-,39-,46-/m0/s1. The first-order valence-corrected chi connectivity index (χ1v) is 22.8. The van der Waals surface area contributed by atoms with Crippen LogP contribution in [0.25, 0.3) is 22.3 Å². The lowest BCUT2D eigenvalue weighted by molar-refractivity contribution is -0.191. The second kappa shape index (κ2) is 20.4. The van der Waals surface area contributed by atoms with Crippen LogP contribution < -0.4 is 37.1 Å². The summed E-state index contributed by atoms with van der Waals surface area (Å²) in [4.78, 5) is 108. The van der Waals surface area contributed by atoms with E-state index in [1.54, 1.807) is 49.4 Å². The Morgan fingerprint density at radius 2 is 1.63 bits per heavy atom. The molecule has 21 heteroatoms. The van der Waals surface area contributed by atoms with Gasteiger partial charge in [-0.3, -0.25) is 28.9 Å². The molecular weight excluding hydrogens is 869 g/mol. The first-order chi connectivity index (χ1) is 31.9. The molecule has 6 N–H and O–H groups in total.